The Balaban J connectivity index is 1.91. The van der Waals surface area contributed by atoms with Crippen molar-refractivity contribution >= 4 is 16.1 Å². The van der Waals surface area contributed by atoms with Crippen molar-refractivity contribution in [2.75, 3.05) is 13.7 Å². The van der Waals surface area contributed by atoms with Gasteiger partial charge in [-0.25, -0.2) is 17.9 Å². The van der Waals surface area contributed by atoms with Gasteiger partial charge in [-0.15, -0.1) is 0 Å². The van der Waals surface area contributed by atoms with Crippen molar-refractivity contribution in [2.45, 2.75) is 24.8 Å². The Morgan fingerprint density at radius 3 is 2.19 bits per heavy atom. The summed E-state index contributed by atoms with van der Waals surface area (Å²) in [7, 11) is -2.39. The number of ether oxygens (including phenoxy) is 2. The molecule has 0 fully saturated rings. The predicted octanol–water partition coefficient (Wildman–Crippen LogP) is 2.67. The molecule has 0 saturated carbocycles. The summed E-state index contributed by atoms with van der Waals surface area (Å²) in [5, 5.41) is 2.51. The molecular weight excluding hydrogens is 356 g/mol. The summed E-state index contributed by atoms with van der Waals surface area (Å²) < 4.78 is 36.9. The monoisotopic (exact) mass is 378 g/mol. The van der Waals surface area contributed by atoms with Crippen molar-refractivity contribution in [1.29, 1.82) is 0 Å². The first-order valence-corrected chi connectivity index (χ1v) is 9.59. The maximum atomic E-state index is 12.2. The van der Waals surface area contributed by atoms with E-state index in [1.807, 2.05) is 11.6 Å². The molecule has 0 bridgehead atoms. The maximum absolute atomic E-state index is 12.2. The molecule has 2 amide bonds. The Bertz CT molecular complexity index is 818. The van der Waals surface area contributed by atoms with Crippen molar-refractivity contribution in [3.8, 4) is 11.5 Å². The number of nitrogens with one attached hydrogen (secondary N) is 2. The molecule has 140 valence electrons. The summed E-state index contributed by atoms with van der Waals surface area (Å²) in [5.41, 5.74) is 0.816. The lowest BCUT2D eigenvalue weighted by Gasteiger charge is -2.10. The van der Waals surface area contributed by atoms with E-state index in [1.165, 1.54) is 12.1 Å². The van der Waals surface area contributed by atoms with Crippen LogP contribution in [0.4, 0.5) is 4.79 Å². The second-order valence-corrected chi connectivity index (χ2v) is 7.14. The molecule has 0 aliphatic rings. The summed E-state index contributed by atoms with van der Waals surface area (Å²) in [6.07, 6.45) is 0.857. The van der Waals surface area contributed by atoms with Crippen LogP contribution in [0.2, 0.25) is 0 Å². The minimum absolute atomic E-state index is 0.0130. The van der Waals surface area contributed by atoms with Gasteiger partial charge in [0.2, 0.25) is 0 Å². The van der Waals surface area contributed by atoms with Crippen molar-refractivity contribution in [2.24, 2.45) is 0 Å². The average Bonchev–Trinajstić information content (AvgIpc) is 2.65. The minimum atomic E-state index is -3.95. The lowest BCUT2D eigenvalue weighted by atomic mass is 10.2. The van der Waals surface area contributed by atoms with Crippen LogP contribution in [0.25, 0.3) is 0 Å². The Labute approximate surface area is 153 Å². The van der Waals surface area contributed by atoms with E-state index >= 15 is 0 Å². The molecule has 0 radical (unpaired) electrons. The topological polar surface area (TPSA) is 93.7 Å². The van der Waals surface area contributed by atoms with Crippen molar-refractivity contribution in [1.82, 2.24) is 10.0 Å². The SMILES string of the molecule is CCCOc1ccc(S(=O)(=O)NC(=O)NCc2ccc(OC)cc2)cc1. The molecule has 0 saturated heterocycles. The minimum Gasteiger partial charge on any atom is -0.497 e. The number of hydrogen-bond acceptors (Lipinski definition) is 5. The van der Waals surface area contributed by atoms with Gasteiger partial charge in [0.05, 0.1) is 18.6 Å². The van der Waals surface area contributed by atoms with Crippen LogP contribution in [0, 0.1) is 0 Å². The van der Waals surface area contributed by atoms with E-state index in [4.69, 9.17) is 9.47 Å². The summed E-state index contributed by atoms with van der Waals surface area (Å²) in [5.74, 6) is 1.28. The molecule has 26 heavy (non-hydrogen) atoms. The van der Waals surface area contributed by atoms with Crippen molar-refractivity contribution in [3.63, 3.8) is 0 Å². The first-order valence-electron chi connectivity index (χ1n) is 8.11. The molecule has 0 aromatic heterocycles. The highest BCUT2D eigenvalue weighted by molar-refractivity contribution is 7.90. The maximum Gasteiger partial charge on any atom is 0.328 e. The number of benzene rings is 2. The van der Waals surface area contributed by atoms with Crippen LogP contribution in [0.1, 0.15) is 18.9 Å². The third kappa shape index (κ3) is 5.66. The average molecular weight is 378 g/mol. The van der Waals surface area contributed by atoms with E-state index in [1.54, 1.807) is 43.5 Å². The summed E-state index contributed by atoms with van der Waals surface area (Å²) in [4.78, 5) is 11.9. The van der Waals surface area contributed by atoms with Gasteiger partial charge in [0.1, 0.15) is 11.5 Å². The number of carbonyl (C=O) groups is 1. The summed E-state index contributed by atoms with van der Waals surface area (Å²) in [6, 6.07) is 12.2. The van der Waals surface area contributed by atoms with Crippen LogP contribution in [0.15, 0.2) is 53.4 Å². The predicted molar refractivity (Wildman–Crippen MR) is 97.8 cm³/mol. The highest BCUT2D eigenvalue weighted by atomic mass is 32.2. The molecule has 0 aliphatic carbocycles. The molecule has 0 spiro atoms. The van der Waals surface area contributed by atoms with Gasteiger partial charge in [-0.1, -0.05) is 19.1 Å². The van der Waals surface area contributed by atoms with E-state index < -0.39 is 16.1 Å². The summed E-state index contributed by atoms with van der Waals surface area (Å²) >= 11 is 0. The number of amides is 2. The van der Waals surface area contributed by atoms with Gasteiger partial charge >= 0.3 is 6.03 Å². The Hall–Kier alpha value is -2.74. The van der Waals surface area contributed by atoms with Crippen LogP contribution in [-0.2, 0) is 16.6 Å². The first kappa shape index (κ1) is 19.6. The van der Waals surface area contributed by atoms with Crippen LogP contribution in [-0.4, -0.2) is 28.2 Å². The number of methoxy groups -OCH3 is 1. The standard InChI is InChI=1S/C18H22N2O5S/c1-3-12-25-16-8-10-17(11-9-16)26(22,23)20-18(21)19-13-14-4-6-15(24-2)7-5-14/h4-11H,3,12-13H2,1-2H3,(H2,19,20,21). The van der Waals surface area contributed by atoms with Gasteiger partial charge in [0.25, 0.3) is 10.0 Å². The molecule has 0 aliphatic heterocycles. The first-order chi connectivity index (χ1) is 12.4. The molecule has 2 aromatic carbocycles. The summed E-state index contributed by atoms with van der Waals surface area (Å²) in [6.45, 7) is 2.72. The fourth-order valence-corrected chi connectivity index (χ4v) is 3.01. The molecule has 0 unspecified atom stereocenters. The number of rotatable bonds is 8. The largest absolute Gasteiger partial charge is 0.497 e. The van der Waals surface area contributed by atoms with Crippen LogP contribution in [0.5, 0.6) is 11.5 Å². The fraction of sp³-hybridized carbons (Fsp3) is 0.278. The van der Waals surface area contributed by atoms with Gasteiger partial charge < -0.3 is 14.8 Å². The highest BCUT2D eigenvalue weighted by Crippen LogP contribution is 2.16. The molecule has 2 rings (SSSR count). The molecule has 2 aromatic rings. The van der Waals surface area contributed by atoms with E-state index in [0.29, 0.717) is 18.1 Å². The zero-order chi connectivity index (χ0) is 19.0. The van der Waals surface area contributed by atoms with Crippen LogP contribution < -0.4 is 19.5 Å². The Morgan fingerprint density at radius 2 is 1.62 bits per heavy atom. The lowest BCUT2D eigenvalue weighted by molar-refractivity contribution is 0.245. The molecule has 7 nitrogen and oxygen atoms in total. The van der Waals surface area contributed by atoms with Crippen LogP contribution >= 0.6 is 0 Å². The number of carbonyl (C=O) groups excluding carboxylic acids is 1. The quantitative estimate of drug-likeness (QED) is 0.737. The van der Waals surface area contributed by atoms with Gasteiger partial charge in [-0.05, 0) is 48.4 Å². The number of sulfonamides is 1. The van der Waals surface area contributed by atoms with Crippen molar-refractivity contribution < 1.29 is 22.7 Å². The van der Waals surface area contributed by atoms with Gasteiger partial charge in [-0.3, -0.25) is 0 Å². The van der Waals surface area contributed by atoms with E-state index in [2.05, 4.69) is 5.32 Å². The number of urea groups is 1. The zero-order valence-corrected chi connectivity index (χ0v) is 15.5. The van der Waals surface area contributed by atoms with Crippen molar-refractivity contribution in [3.05, 3.63) is 54.1 Å². The van der Waals surface area contributed by atoms with Crippen LogP contribution in [0.3, 0.4) is 0 Å². The lowest BCUT2D eigenvalue weighted by Crippen LogP contribution is -2.39. The molecule has 2 N–H and O–H groups in total. The third-order valence-electron chi connectivity index (χ3n) is 3.45. The molecular formula is C18H22N2O5S. The second-order valence-electron chi connectivity index (χ2n) is 5.46. The smallest absolute Gasteiger partial charge is 0.328 e. The van der Waals surface area contributed by atoms with Gasteiger partial charge in [0.15, 0.2) is 0 Å². The Morgan fingerprint density at radius 1 is 1.00 bits per heavy atom. The van der Waals surface area contributed by atoms with E-state index in [0.717, 1.165) is 12.0 Å². The molecule has 0 heterocycles. The molecule has 0 atom stereocenters. The third-order valence-corrected chi connectivity index (χ3v) is 4.79. The normalized spacial score (nSPS) is 10.8. The zero-order valence-electron chi connectivity index (χ0n) is 14.7. The number of hydrogen-bond donors (Lipinski definition) is 2. The highest BCUT2D eigenvalue weighted by Gasteiger charge is 2.17. The Kier molecular flexibility index (Phi) is 6.85. The second kappa shape index (κ2) is 9.10. The van der Waals surface area contributed by atoms with Gasteiger partial charge in [-0.2, -0.15) is 0 Å². The van der Waals surface area contributed by atoms with E-state index in [9.17, 15) is 13.2 Å². The molecule has 8 heteroatoms. The fourth-order valence-electron chi connectivity index (χ4n) is 2.08. The van der Waals surface area contributed by atoms with E-state index in [-0.39, 0.29) is 11.4 Å². The van der Waals surface area contributed by atoms with Gasteiger partial charge in [0, 0.05) is 6.54 Å².